The molecule has 0 aromatic carbocycles. The highest BCUT2D eigenvalue weighted by Crippen LogP contribution is 1.59. The lowest BCUT2D eigenvalue weighted by Gasteiger charge is -1.91. The summed E-state index contributed by atoms with van der Waals surface area (Å²) in [7, 11) is -0.543. The van der Waals surface area contributed by atoms with E-state index in [-0.39, 0.29) is 0 Å². The Labute approximate surface area is 62.9 Å². The zero-order valence-electron chi connectivity index (χ0n) is 5.57. The molecule has 0 aromatic heterocycles. The highest BCUT2D eigenvalue weighted by molar-refractivity contribution is 7.79. The maximum atomic E-state index is 8.74. The molecule has 0 heterocycles. The third kappa shape index (κ3) is 2580. The first-order chi connectivity index (χ1) is 3.73. The number of hydrogen-bond donors (Lipinski definition) is 2. The molecule has 0 saturated heterocycles. The monoisotopic (exact) mass is 171 g/mol. The summed E-state index contributed by atoms with van der Waals surface area (Å²) in [6.07, 6.45) is 0. The first-order valence-corrected chi connectivity index (χ1v) is 4.33. The van der Waals surface area contributed by atoms with E-state index in [1.807, 2.05) is 0 Å². The van der Waals surface area contributed by atoms with Crippen molar-refractivity contribution in [2.24, 2.45) is 0 Å². The summed E-state index contributed by atoms with van der Waals surface area (Å²) in [6.45, 7) is 0. The molecule has 2 N–H and O–H groups in total. The van der Waals surface area contributed by atoms with Crippen LogP contribution in [0.3, 0.4) is 0 Å². The molecule has 0 rings (SSSR count). The molecular weight excluding hydrogens is 161 g/mol. The topological polar surface area (TPSA) is 77.8 Å². The molecule has 9 heavy (non-hydrogen) atoms. The van der Waals surface area contributed by atoms with E-state index in [2.05, 4.69) is 18.0 Å². The van der Waals surface area contributed by atoms with Gasteiger partial charge in [-0.3, -0.25) is 9.11 Å². The molecule has 0 fully saturated rings. The highest BCUT2D eigenvalue weighted by atomic mass is 32.3. The quantitative estimate of drug-likeness (QED) is 0.340. The molecule has 7 heteroatoms. The molecule has 0 aliphatic carbocycles. The van der Waals surface area contributed by atoms with Crippen LogP contribution in [0, 0.1) is 0 Å². The summed E-state index contributed by atoms with van der Waals surface area (Å²) >= 11 is 1.18. The molecule has 0 unspecified atom stereocenters. The van der Waals surface area contributed by atoms with E-state index < -0.39 is 10.4 Å². The molecule has 0 bridgehead atoms. The number of rotatable bonds is 0. The van der Waals surface area contributed by atoms with E-state index in [9.17, 15) is 0 Å². The molecule has 0 saturated carbocycles. The molecule has 5 nitrogen and oxygen atoms in total. The van der Waals surface area contributed by atoms with Crippen LogP contribution in [0.4, 0.5) is 0 Å². The fraction of sp³-hybridized carbons (Fsp3) is 1.00. The SMILES string of the molecule is C[N](C)[AlH2].O=S(=O)(O)O. The van der Waals surface area contributed by atoms with Gasteiger partial charge in [0.2, 0.25) is 0 Å². The summed E-state index contributed by atoms with van der Waals surface area (Å²) in [6, 6.07) is 0. The fourth-order valence-electron chi connectivity index (χ4n) is 0. The van der Waals surface area contributed by atoms with Crippen molar-refractivity contribution in [1.82, 2.24) is 3.88 Å². The van der Waals surface area contributed by atoms with Gasteiger partial charge in [-0.1, -0.05) is 0 Å². The summed E-state index contributed by atoms with van der Waals surface area (Å²) in [5, 5.41) is 0. The smallest absolute Gasteiger partial charge is 0.394 e. The Morgan fingerprint density at radius 1 is 1.33 bits per heavy atom. The largest absolute Gasteiger partial charge is 0.396 e. The van der Waals surface area contributed by atoms with Gasteiger partial charge in [0.05, 0.1) is 0 Å². The van der Waals surface area contributed by atoms with Crippen molar-refractivity contribution < 1.29 is 17.5 Å². The van der Waals surface area contributed by atoms with Crippen molar-refractivity contribution >= 4 is 26.9 Å². The molecule has 0 amide bonds. The van der Waals surface area contributed by atoms with E-state index in [0.717, 1.165) is 0 Å². The predicted octanol–water partition coefficient (Wildman–Crippen LogP) is -1.56. The Hall–Kier alpha value is 0.362. The van der Waals surface area contributed by atoms with Crippen molar-refractivity contribution in [3.05, 3.63) is 0 Å². The maximum Gasteiger partial charge on any atom is 0.394 e. The van der Waals surface area contributed by atoms with Gasteiger partial charge < -0.3 is 3.88 Å². The van der Waals surface area contributed by atoms with Gasteiger partial charge in [0.1, 0.15) is 0 Å². The zero-order chi connectivity index (χ0) is 8.08. The van der Waals surface area contributed by atoms with Gasteiger partial charge in [0.25, 0.3) is 0 Å². The zero-order valence-corrected chi connectivity index (χ0v) is 8.38. The Morgan fingerprint density at radius 3 is 1.33 bits per heavy atom. The second-order valence-electron chi connectivity index (χ2n) is 1.79. The van der Waals surface area contributed by atoms with E-state index in [4.69, 9.17) is 17.5 Å². The van der Waals surface area contributed by atoms with Crippen molar-refractivity contribution in [3.63, 3.8) is 0 Å². The second-order valence-corrected chi connectivity index (χ2v) is 4.47. The van der Waals surface area contributed by atoms with Crippen molar-refractivity contribution in [2.75, 3.05) is 14.1 Å². The van der Waals surface area contributed by atoms with Crippen molar-refractivity contribution in [2.45, 2.75) is 0 Å². The molecule has 0 radical (unpaired) electrons. The summed E-state index contributed by atoms with van der Waals surface area (Å²) in [5.74, 6) is 0. The number of nitrogens with zero attached hydrogens (tertiary/aromatic N) is 1. The molecular formula is C2H10AlNO4S. The Balaban J connectivity index is 0. The first-order valence-electron chi connectivity index (χ1n) is 2.04. The molecule has 0 aliphatic heterocycles. The van der Waals surface area contributed by atoms with Gasteiger partial charge in [0.15, 0.2) is 0 Å². The molecule has 0 atom stereocenters. The molecule has 0 spiro atoms. The van der Waals surface area contributed by atoms with E-state index in [0.29, 0.717) is 0 Å². The van der Waals surface area contributed by atoms with E-state index in [1.54, 1.807) is 0 Å². The lowest BCUT2D eigenvalue weighted by Crippen LogP contribution is -2.02. The average molecular weight is 171 g/mol. The molecule has 0 aromatic rings. The normalized spacial score (nSPS) is 10.3. The van der Waals surface area contributed by atoms with E-state index >= 15 is 0 Å². The third-order valence-electron chi connectivity index (χ3n) is 0. The molecule has 56 valence electrons. The second kappa shape index (κ2) is 5.17. The van der Waals surface area contributed by atoms with E-state index in [1.165, 1.54) is 16.5 Å². The third-order valence-corrected chi connectivity index (χ3v) is 0. The van der Waals surface area contributed by atoms with Crippen LogP contribution < -0.4 is 0 Å². The minimum atomic E-state index is -4.67. The Kier molecular flexibility index (Phi) is 6.94. The van der Waals surface area contributed by atoms with Gasteiger partial charge in [-0.15, -0.1) is 0 Å². The summed E-state index contributed by atoms with van der Waals surface area (Å²) in [5.41, 5.74) is 0. The van der Waals surface area contributed by atoms with Crippen LogP contribution in [-0.4, -0.2) is 52.0 Å². The minimum Gasteiger partial charge on any atom is -0.396 e. The first kappa shape index (κ1) is 12.1. The Bertz CT molecular complexity index is 130. The highest BCUT2D eigenvalue weighted by Gasteiger charge is 1.84. The van der Waals surface area contributed by atoms with Gasteiger partial charge in [-0.2, -0.15) is 8.42 Å². The van der Waals surface area contributed by atoms with Crippen molar-refractivity contribution in [1.29, 1.82) is 0 Å². The van der Waals surface area contributed by atoms with Crippen LogP contribution in [-0.2, 0) is 10.4 Å². The lowest BCUT2D eigenvalue weighted by molar-refractivity contribution is 0.381. The van der Waals surface area contributed by atoms with Gasteiger partial charge in [-0.25, -0.2) is 0 Å². The Morgan fingerprint density at radius 2 is 1.33 bits per heavy atom. The number of hydrogen-bond acceptors (Lipinski definition) is 3. The standard InChI is InChI=1S/C2H6N.Al.H2O4S.2H/c1-3-2;;1-5(2,3)4;;/h1-2H3;;(H2,1,2,3,4);;/q-1;+1;;;. The summed E-state index contributed by atoms with van der Waals surface area (Å²) < 4.78 is 33.7. The van der Waals surface area contributed by atoms with Crippen LogP contribution in [0.2, 0.25) is 0 Å². The van der Waals surface area contributed by atoms with Gasteiger partial charge in [-0.05, 0) is 14.1 Å². The minimum absolute atomic E-state index is 1.18. The maximum absolute atomic E-state index is 8.74. The lowest BCUT2D eigenvalue weighted by atomic mass is 11.3. The molecule has 0 aliphatic rings. The van der Waals surface area contributed by atoms with Crippen LogP contribution >= 0.6 is 0 Å². The summed E-state index contributed by atoms with van der Waals surface area (Å²) in [4.78, 5) is 0. The fourth-order valence-corrected chi connectivity index (χ4v) is 0. The van der Waals surface area contributed by atoms with Crippen LogP contribution in [0.5, 0.6) is 0 Å². The van der Waals surface area contributed by atoms with Crippen LogP contribution in [0.25, 0.3) is 0 Å². The van der Waals surface area contributed by atoms with Crippen molar-refractivity contribution in [3.8, 4) is 0 Å². The average Bonchev–Trinajstić information content (AvgIpc) is 1.19. The van der Waals surface area contributed by atoms with Gasteiger partial charge in [0, 0.05) is 0 Å². The van der Waals surface area contributed by atoms with Crippen LogP contribution in [0.15, 0.2) is 0 Å². The van der Waals surface area contributed by atoms with Crippen LogP contribution in [0.1, 0.15) is 0 Å². The predicted molar refractivity (Wildman–Crippen MR) is 36.4 cm³/mol. The van der Waals surface area contributed by atoms with Gasteiger partial charge >= 0.3 is 26.9 Å².